The Labute approximate surface area is 213 Å². The number of fused-ring (bicyclic) bond motifs is 1. The second kappa shape index (κ2) is 9.74. The van der Waals surface area contributed by atoms with Crippen molar-refractivity contribution < 1.29 is 0 Å². The summed E-state index contributed by atoms with van der Waals surface area (Å²) in [5, 5.41) is 5.62. The van der Waals surface area contributed by atoms with E-state index in [0.29, 0.717) is 11.8 Å². The van der Waals surface area contributed by atoms with Crippen molar-refractivity contribution in [3.8, 4) is 22.4 Å². The second-order valence-corrected chi connectivity index (χ2v) is 10.9. The monoisotopic (exact) mass is 485 g/mol. The summed E-state index contributed by atoms with van der Waals surface area (Å²) in [5.41, 5.74) is 8.71. The molecule has 4 aromatic rings. The molecule has 1 saturated heterocycles. The van der Waals surface area contributed by atoms with Crippen molar-refractivity contribution in [2.75, 3.05) is 19.6 Å². The van der Waals surface area contributed by atoms with E-state index in [4.69, 9.17) is 0 Å². The fourth-order valence-electron chi connectivity index (χ4n) is 6.07. The van der Waals surface area contributed by atoms with Gasteiger partial charge in [-0.25, -0.2) is 0 Å². The molecule has 1 N–H and O–H groups in total. The van der Waals surface area contributed by atoms with E-state index in [-0.39, 0.29) is 5.56 Å². The lowest BCUT2D eigenvalue weighted by Crippen LogP contribution is -2.33. The lowest BCUT2D eigenvalue weighted by molar-refractivity contribution is 0.213. The summed E-state index contributed by atoms with van der Waals surface area (Å²) < 4.78 is 3.45. The van der Waals surface area contributed by atoms with Crippen LogP contribution in [-0.2, 0) is 14.1 Å². The molecule has 1 aliphatic rings. The van der Waals surface area contributed by atoms with E-state index in [1.54, 1.807) is 15.4 Å². The molecule has 1 aromatic carbocycles. The normalized spacial score (nSPS) is 15.4. The van der Waals surface area contributed by atoms with Gasteiger partial charge in [-0.05, 0) is 86.5 Å². The molecule has 1 aliphatic heterocycles. The number of H-pyrrole nitrogens is 1. The molecule has 5 rings (SSSR count). The van der Waals surface area contributed by atoms with Crippen LogP contribution in [0.2, 0.25) is 0 Å². The molecule has 0 atom stereocenters. The number of hydrogen-bond acceptors (Lipinski definition) is 3. The van der Waals surface area contributed by atoms with Gasteiger partial charge < -0.3 is 14.5 Å². The average molecular weight is 486 g/mol. The quantitative estimate of drug-likeness (QED) is 0.367. The van der Waals surface area contributed by atoms with Gasteiger partial charge >= 0.3 is 0 Å². The van der Waals surface area contributed by atoms with Gasteiger partial charge in [0.15, 0.2) is 0 Å². The minimum absolute atomic E-state index is 0.00293. The zero-order chi connectivity index (χ0) is 25.6. The number of pyridine rings is 1. The topological polar surface area (TPSA) is 58.9 Å². The Kier molecular flexibility index (Phi) is 6.64. The van der Waals surface area contributed by atoms with Crippen molar-refractivity contribution >= 4 is 10.9 Å². The SMILES string of the molecule is CCCN1CCC(c2ccc3[nH]c(-c4cn(C)c(=O)c(-c5cnn(C)c5)c4C)c(C(C)C)c3c2)CC1. The summed E-state index contributed by atoms with van der Waals surface area (Å²) in [5.74, 6) is 0.964. The second-order valence-electron chi connectivity index (χ2n) is 10.9. The van der Waals surface area contributed by atoms with Gasteiger partial charge in [0.2, 0.25) is 0 Å². The van der Waals surface area contributed by atoms with Crippen molar-refractivity contribution in [2.45, 2.75) is 58.8 Å². The molecule has 0 bridgehead atoms. The number of nitrogens with zero attached hydrogens (tertiary/aromatic N) is 4. The van der Waals surface area contributed by atoms with Crippen molar-refractivity contribution in [3.05, 3.63) is 63.8 Å². The number of piperidine rings is 1. The van der Waals surface area contributed by atoms with E-state index >= 15 is 0 Å². The molecule has 6 heteroatoms. The average Bonchev–Trinajstić information content (AvgIpc) is 3.45. The fraction of sp³-hybridized carbons (Fsp3) is 0.467. The van der Waals surface area contributed by atoms with E-state index in [1.165, 1.54) is 55.4 Å². The number of benzene rings is 1. The van der Waals surface area contributed by atoms with Crippen molar-refractivity contribution in [3.63, 3.8) is 0 Å². The summed E-state index contributed by atoms with van der Waals surface area (Å²) in [6.45, 7) is 12.5. The zero-order valence-corrected chi connectivity index (χ0v) is 22.6. The van der Waals surface area contributed by atoms with Crippen molar-refractivity contribution in [1.82, 2.24) is 24.2 Å². The van der Waals surface area contributed by atoms with Crippen LogP contribution < -0.4 is 5.56 Å². The van der Waals surface area contributed by atoms with Crippen molar-refractivity contribution in [2.24, 2.45) is 14.1 Å². The molecule has 1 fully saturated rings. The third kappa shape index (κ3) is 4.32. The first-order chi connectivity index (χ1) is 17.3. The Morgan fingerprint density at radius 2 is 1.89 bits per heavy atom. The van der Waals surface area contributed by atoms with Gasteiger partial charge in [-0.3, -0.25) is 9.48 Å². The molecule has 0 spiro atoms. The first-order valence-electron chi connectivity index (χ1n) is 13.4. The third-order valence-corrected chi connectivity index (χ3v) is 7.94. The van der Waals surface area contributed by atoms with Crippen molar-refractivity contribution in [1.29, 1.82) is 0 Å². The highest BCUT2D eigenvalue weighted by Crippen LogP contribution is 2.40. The first-order valence-corrected chi connectivity index (χ1v) is 13.4. The highest BCUT2D eigenvalue weighted by atomic mass is 16.1. The highest BCUT2D eigenvalue weighted by Gasteiger charge is 2.24. The van der Waals surface area contributed by atoms with E-state index in [1.807, 2.05) is 26.5 Å². The molecule has 3 aromatic heterocycles. The lowest BCUT2D eigenvalue weighted by Gasteiger charge is -2.32. The van der Waals surface area contributed by atoms with Crippen LogP contribution >= 0.6 is 0 Å². The maximum Gasteiger partial charge on any atom is 0.258 e. The molecule has 0 saturated carbocycles. The van der Waals surface area contributed by atoms with Crippen LogP contribution in [0.25, 0.3) is 33.3 Å². The Balaban J connectivity index is 1.61. The molecule has 0 unspecified atom stereocenters. The summed E-state index contributed by atoms with van der Waals surface area (Å²) in [6.07, 6.45) is 9.37. The number of hydrogen-bond donors (Lipinski definition) is 1. The third-order valence-electron chi connectivity index (χ3n) is 7.94. The Bertz CT molecular complexity index is 1450. The van der Waals surface area contributed by atoms with Crippen LogP contribution in [0.5, 0.6) is 0 Å². The summed E-state index contributed by atoms with van der Waals surface area (Å²) in [4.78, 5) is 19.5. The molecular weight excluding hydrogens is 446 g/mol. The van der Waals surface area contributed by atoms with Crippen LogP contribution in [0.15, 0.2) is 41.6 Å². The van der Waals surface area contributed by atoms with Crippen LogP contribution in [0.1, 0.15) is 68.6 Å². The minimum Gasteiger partial charge on any atom is -0.354 e. The van der Waals surface area contributed by atoms with Gasteiger partial charge in [0.05, 0.1) is 17.5 Å². The predicted octanol–water partition coefficient (Wildman–Crippen LogP) is 5.96. The van der Waals surface area contributed by atoms with E-state index in [9.17, 15) is 4.79 Å². The number of aromatic nitrogens is 4. The predicted molar refractivity (Wildman–Crippen MR) is 149 cm³/mol. The summed E-state index contributed by atoms with van der Waals surface area (Å²) >= 11 is 0. The molecule has 0 radical (unpaired) electrons. The van der Waals surface area contributed by atoms with Gasteiger partial charge in [0.25, 0.3) is 5.56 Å². The minimum atomic E-state index is 0.00293. The van der Waals surface area contributed by atoms with Gasteiger partial charge in [0, 0.05) is 48.5 Å². The Hall–Kier alpha value is -3.12. The van der Waals surface area contributed by atoms with Crippen LogP contribution in [0.4, 0.5) is 0 Å². The van der Waals surface area contributed by atoms with Crippen LogP contribution in [0.3, 0.4) is 0 Å². The highest BCUT2D eigenvalue weighted by molar-refractivity contribution is 5.93. The number of aryl methyl sites for hydroxylation is 2. The van der Waals surface area contributed by atoms with E-state index in [0.717, 1.165) is 33.5 Å². The lowest BCUT2D eigenvalue weighted by atomic mass is 9.87. The molecule has 4 heterocycles. The maximum absolute atomic E-state index is 13.2. The standard InChI is InChI=1S/C30H39N5O/c1-7-12-35-13-10-21(11-14-35)22-8-9-26-24(15-22)27(19(2)3)29(32-26)25-18-33(5)30(36)28(20(25)4)23-16-31-34(6)17-23/h8-9,15-19,21,32H,7,10-14H2,1-6H3. The molecule has 36 heavy (non-hydrogen) atoms. The fourth-order valence-corrected chi connectivity index (χ4v) is 6.07. The number of rotatable bonds is 6. The Morgan fingerprint density at radius 1 is 1.14 bits per heavy atom. The summed E-state index contributed by atoms with van der Waals surface area (Å²) in [7, 11) is 3.72. The van der Waals surface area contributed by atoms with Gasteiger partial charge in [-0.2, -0.15) is 5.10 Å². The summed E-state index contributed by atoms with van der Waals surface area (Å²) in [6, 6.07) is 7.02. The zero-order valence-electron chi connectivity index (χ0n) is 22.6. The maximum atomic E-state index is 13.2. The number of likely N-dealkylation sites (tertiary alicyclic amines) is 1. The molecule has 0 amide bonds. The number of aromatic amines is 1. The van der Waals surface area contributed by atoms with Crippen LogP contribution in [-0.4, -0.2) is 43.9 Å². The van der Waals surface area contributed by atoms with Gasteiger partial charge in [0.1, 0.15) is 0 Å². The van der Waals surface area contributed by atoms with Gasteiger partial charge in [-0.1, -0.05) is 26.8 Å². The molecular formula is C30H39N5O. The van der Waals surface area contributed by atoms with E-state index in [2.05, 4.69) is 60.9 Å². The van der Waals surface area contributed by atoms with E-state index < -0.39 is 0 Å². The molecule has 6 nitrogen and oxygen atoms in total. The van der Waals surface area contributed by atoms with Crippen LogP contribution in [0, 0.1) is 6.92 Å². The largest absolute Gasteiger partial charge is 0.354 e. The molecule has 190 valence electrons. The Morgan fingerprint density at radius 3 is 2.53 bits per heavy atom. The smallest absolute Gasteiger partial charge is 0.258 e. The van der Waals surface area contributed by atoms with Gasteiger partial charge in [-0.15, -0.1) is 0 Å². The first kappa shape index (κ1) is 24.6. The molecule has 0 aliphatic carbocycles. The number of nitrogens with one attached hydrogen (secondary N) is 1.